The highest BCUT2D eigenvalue weighted by Crippen LogP contribution is 2.45. The van der Waals surface area contributed by atoms with Gasteiger partial charge in [0.25, 0.3) is 5.91 Å². The molecule has 0 spiro atoms. The van der Waals surface area contributed by atoms with E-state index >= 15 is 0 Å². The molecule has 0 aliphatic carbocycles. The van der Waals surface area contributed by atoms with Crippen molar-refractivity contribution in [2.24, 2.45) is 0 Å². The normalized spacial score (nSPS) is 13.6. The van der Waals surface area contributed by atoms with E-state index in [9.17, 15) is 9.59 Å². The molecule has 1 aliphatic heterocycles. The number of nitrogens with zero attached hydrogens (tertiary/aromatic N) is 1. The van der Waals surface area contributed by atoms with Crippen LogP contribution in [0, 0.1) is 0 Å². The van der Waals surface area contributed by atoms with Crippen LogP contribution in [0.3, 0.4) is 0 Å². The van der Waals surface area contributed by atoms with E-state index in [1.807, 2.05) is 6.07 Å². The highest BCUT2D eigenvalue weighted by atomic mass is 35.5. The van der Waals surface area contributed by atoms with Gasteiger partial charge in [-0.15, -0.1) is 0 Å². The van der Waals surface area contributed by atoms with Crippen molar-refractivity contribution in [1.82, 2.24) is 4.90 Å². The number of carbonyl (C=O) groups is 2. The summed E-state index contributed by atoms with van der Waals surface area (Å²) in [6.45, 7) is 1.74. The minimum atomic E-state index is -0.296. The molecular weight excluding hydrogens is 516 g/mol. The Morgan fingerprint density at radius 3 is 2.33 bits per heavy atom. The summed E-state index contributed by atoms with van der Waals surface area (Å²) in [6, 6.07) is 15.2. The molecule has 1 heterocycles. The first-order chi connectivity index (χ1) is 18.8. The number of ether oxygens (including phenoxy) is 3. The van der Waals surface area contributed by atoms with E-state index < -0.39 is 0 Å². The Kier molecular flexibility index (Phi) is 9.07. The summed E-state index contributed by atoms with van der Waals surface area (Å²) in [4.78, 5) is 28.0. The summed E-state index contributed by atoms with van der Waals surface area (Å²) in [5.41, 5.74) is 4.00. The average molecular weight is 547 g/mol. The zero-order valence-corrected chi connectivity index (χ0v) is 23.2. The molecule has 1 amide bonds. The van der Waals surface area contributed by atoms with Crippen LogP contribution in [-0.4, -0.2) is 58.1 Å². The number of carbonyl (C=O) groups excluding carboxylic acids is 2. The molecule has 39 heavy (non-hydrogen) atoms. The van der Waals surface area contributed by atoms with Crippen LogP contribution < -0.4 is 19.5 Å². The van der Waals surface area contributed by atoms with Crippen molar-refractivity contribution in [3.63, 3.8) is 0 Å². The second-order valence-corrected chi connectivity index (χ2v) is 9.52. The molecule has 0 bridgehead atoms. The van der Waals surface area contributed by atoms with Crippen LogP contribution in [0.1, 0.15) is 38.3 Å². The molecule has 0 fully saturated rings. The van der Waals surface area contributed by atoms with Crippen molar-refractivity contribution in [3.8, 4) is 17.2 Å². The lowest BCUT2D eigenvalue weighted by atomic mass is 9.94. The van der Waals surface area contributed by atoms with Gasteiger partial charge in [-0.2, -0.15) is 0 Å². The van der Waals surface area contributed by atoms with Crippen LogP contribution in [0.15, 0.2) is 66.7 Å². The molecule has 1 aliphatic rings. The Labute approximate surface area is 233 Å². The van der Waals surface area contributed by atoms with Gasteiger partial charge in [0.2, 0.25) is 0 Å². The fourth-order valence-corrected chi connectivity index (χ4v) is 4.56. The highest BCUT2D eigenvalue weighted by molar-refractivity contribution is 6.30. The summed E-state index contributed by atoms with van der Waals surface area (Å²) in [5.74, 6) is 1.21. The van der Waals surface area contributed by atoms with Gasteiger partial charge in [0.1, 0.15) is 17.2 Å². The second-order valence-electron chi connectivity index (χ2n) is 9.08. The number of methoxy groups -OCH3 is 3. The van der Waals surface area contributed by atoms with Gasteiger partial charge in [0.05, 0.1) is 32.5 Å². The van der Waals surface area contributed by atoms with Crippen LogP contribution >= 0.6 is 11.6 Å². The van der Waals surface area contributed by atoms with Gasteiger partial charge in [0, 0.05) is 41.0 Å². The molecule has 8 heteroatoms. The molecular formula is C31H31ClN2O5. The Morgan fingerprint density at radius 2 is 1.69 bits per heavy atom. The molecule has 3 aromatic carbocycles. The molecule has 0 aromatic heterocycles. The molecule has 202 valence electrons. The Balaban J connectivity index is 1.62. The van der Waals surface area contributed by atoms with Gasteiger partial charge in [-0.3, -0.25) is 9.59 Å². The first-order valence-electron chi connectivity index (χ1n) is 12.4. The number of likely N-dealkylation sites (N-methyl/N-ethyl adjacent to an activating group) is 1. The standard InChI is InChI=1S/C31H31ClN2O5/c1-34-16-14-20(15-17-34)29-28(38-3)19-27(37-2)25(30(29)39-4)12-13-26(35)22-6-5-7-24(18-22)33-31(36)21-8-10-23(32)11-9-21/h5-14,18-19H,15-17H2,1-4H3,(H,33,36)/b13-12+. The maximum Gasteiger partial charge on any atom is 0.255 e. The van der Waals surface area contributed by atoms with E-state index in [2.05, 4.69) is 23.3 Å². The largest absolute Gasteiger partial charge is 0.496 e. The third-order valence-corrected chi connectivity index (χ3v) is 6.79. The van der Waals surface area contributed by atoms with Gasteiger partial charge in [-0.05, 0) is 67.6 Å². The smallest absolute Gasteiger partial charge is 0.255 e. The highest BCUT2D eigenvalue weighted by Gasteiger charge is 2.23. The Morgan fingerprint density at radius 1 is 0.949 bits per heavy atom. The number of amides is 1. The molecule has 0 saturated carbocycles. The van der Waals surface area contributed by atoms with E-state index in [1.54, 1.807) is 75.9 Å². The molecule has 3 aromatic rings. The number of anilines is 1. The number of nitrogens with one attached hydrogen (secondary N) is 1. The van der Waals surface area contributed by atoms with Gasteiger partial charge >= 0.3 is 0 Å². The quantitative estimate of drug-likeness (QED) is 0.253. The summed E-state index contributed by atoms with van der Waals surface area (Å²) in [6.07, 6.45) is 6.17. The molecule has 0 atom stereocenters. The molecule has 0 saturated heterocycles. The summed E-state index contributed by atoms with van der Waals surface area (Å²) < 4.78 is 17.2. The maximum absolute atomic E-state index is 13.2. The zero-order chi connectivity index (χ0) is 27.9. The minimum Gasteiger partial charge on any atom is -0.496 e. The SMILES string of the molecule is COc1cc(OC)c(C2=CCN(C)CC2)c(OC)c1/C=C/C(=O)c1cccc(NC(=O)c2ccc(Cl)cc2)c1. The summed E-state index contributed by atoms with van der Waals surface area (Å²) >= 11 is 5.91. The molecule has 1 N–H and O–H groups in total. The number of hydrogen-bond donors (Lipinski definition) is 1. The number of halogens is 1. The number of benzene rings is 3. The fourth-order valence-electron chi connectivity index (χ4n) is 4.44. The van der Waals surface area contributed by atoms with Crippen LogP contribution in [0.25, 0.3) is 11.6 Å². The van der Waals surface area contributed by atoms with Crippen molar-refractivity contribution >= 4 is 40.6 Å². The first-order valence-corrected chi connectivity index (χ1v) is 12.8. The molecule has 7 nitrogen and oxygen atoms in total. The third-order valence-electron chi connectivity index (χ3n) is 6.54. The van der Waals surface area contributed by atoms with Crippen LogP contribution in [0.4, 0.5) is 5.69 Å². The van der Waals surface area contributed by atoms with E-state index in [-0.39, 0.29) is 11.7 Å². The number of rotatable bonds is 9. The molecule has 0 radical (unpaired) electrons. The van der Waals surface area contributed by atoms with E-state index in [1.165, 1.54) is 6.08 Å². The van der Waals surface area contributed by atoms with Crippen LogP contribution in [0.5, 0.6) is 17.2 Å². The van der Waals surface area contributed by atoms with Gasteiger partial charge < -0.3 is 24.4 Å². The lowest BCUT2D eigenvalue weighted by Crippen LogP contribution is -2.24. The van der Waals surface area contributed by atoms with Crippen molar-refractivity contribution < 1.29 is 23.8 Å². The zero-order valence-electron chi connectivity index (χ0n) is 22.4. The Bertz CT molecular complexity index is 1430. The van der Waals surface area contributed by atoms with E-state index in [0.29, 0.717) is 44.6 Å². The van der Waals surface area contributed by atoms with Gasteiger partial charge in [-0.1, -0.05) is 29.8 Å². The maximum atomic E-state index is 13.2. The number of ketones is 1. The summed E-state index contributed by atoms with van der Waals surface area (Å²) in [7, 11) is 6.85. The predicted molar refractivity (Wildman–Crippen MR) is 155 cm³/mol. The van der Waals surface area contributed by atoms with E-state index in [4.69, 9.17) is 25.8 Å². The fraction of sp³-hybridized carbons (Fsp3) is 0.226. The Hall–Kier alpha value is -4.07. The minimum absolute atomic E-state index is 0.238. The topological polar surface area (TPSA) is 77.1 Å². The van der Waals surface area contributed by atoms with Crippen LogP contribution in [-0.2, 0) is 0 Å². The number of allylic oxidation sites excluding steroid dienone is 1. The third kappa shape index (κ3) is 6.50. The number of hydrogen-bond acceptors (Lipinski definition) is 6. The van der Waals surface area contributed by atoms with Crippen molar-refractivity contribution in [2.45, 2.75) is 6.42 Å². The van der Waals surface area contributed by atoms with Gasteiger partial charge in [0.15, 0.2) is 5.78 Å². The lowest BCUT2D eigenvalue weighted by Gasteiger charge is -2.25. The second kappa shape index (κ2) is 12.7. The average Bonchev–Trinajstić information content (AvgIpc) is 2.96. The van der Waals surface area contributed by atoms with Crippen molar-refractivity contribution in [2.75, 3.05) is 46.8 Å². The van der Waals surface area contributed by atoms with Crippen molar-refractivity contribution in [3.05, 3.63) is 94.0 Å². The van der Waals surface area contributed by atoms with Crippen LogP contribution in [0.2, 0.25) is 5.02 Å². The summed E-state index contributed by atoms with van der Waals surface area (Å²) in [5, 5.41) is 3.37. The lowest BCUT2D eigenvalue weighted by molar-refractivity contribution is 0.102. The predicted octanol–water partition coefficient (Wildman–Crippen LogP) is 6.23. The molecule has 4 rings (SSSR count). The van der Waals surface area contributed by atoms with Gasteiger partial charge in [-0.25, -0.2) is 0 Å². The van der Waals surface area contributed by atoms with E-state index in [0.717, 1.165) is 30.6 Å². The van der Waals surface area contributed by atoms with Crippen molar-refractivity contribution in [1.29, 1.82) is 0 Å². The molecule has 0 unspecified atom stereocenters. The monoisotopic (exact) mass is 546 g/mol. The first kappa shape index (κ1) is 28.0.